The Bertz CT molecular complexity index is 1070. The first kappa shape index (κ1) is 20.2. The summed E-state index contributed by atoms with van der Waals surface area (Å²) in [5, 5.41) is 0.343. The van der Waals surface area contributed by atoms with E-state index in [0.717, 1.165) is 16.0 Å². The maximum absolute atomic E-state index is 13.3. The van der Waals surface area contributed by atoms with E-state index in [4.69, 9.17) is 23.2 Å². The molecule has 0 unspecified atom stereocenters. The summed E-state index contributed by atoms with van der Waals surface area (Å²) in [6, 6.07) is 26.1. The summed E-state index contributed by atoms with van der Waals surface area (Å²) < 4.78 is 0. The lowest BCUT2D eigenvalue weighted by atomic mass is 10.1. The Kier molecular flexibility index (Phi) is 5.88. The van der Waals surface area contributed by atoms with Crippen molar-refractivity contribution < 1.29 is 9.59 Å². The van der Waals surface area contributed by atoms with Crippen LogP contribution >= 0.6 is 23.2 Å². The van der Waals surface area contributed by atoms with Crippen molar-refractivity contribution in [2.24, 2.45) is 0 Å². The number of halogens is 2. The number of imide groups is 1. The highest BCUT2D eigenvalue weighted by Gasteiger charge is 2.41. The van der Waals surface area contributed by atoms with Gasteiger partial charge >= 0.3 is 0 Å². The van der Waals surface area contributed by atoms with Crippen molar-refractivity contribution in [2.45, 2.75) is 13.1 Å². The van der Waals surface area contributed by atoms with Gasteiger partial charge in [0, 0.05) is 18.1 Å². The van der Waals surface area contributed by atoms with Crippen LogP contribution in [0.25, 0.3) is 0 Å². The molecule has 0 bridgehead atoms. The van der Waals surface area contributed by atoms with Gasteiger partial charge < -0.3 is 4.90 Å². The van der Waals surface area contributed by atoms with Crippen molar-refractivity contribution in [3.63, 3.8) is 0 Å². The Morgan fingerprint density at radius 1 is 0.700 bits per heavy atom. The molecule has 1 aliphatic rings. The van der Waals surface area contributed by atoms with Crippen LogP contribution in [0.4, 0.5) is 5.69 Å². The minimum atomic E-state index is -0.551. The predicted octanol–water partition coefficient (Wildman–Crippen LogP) is 5.37. The highest BCUT2D eigenvalue weighted by molar-refractivity contribution is 6.52. The number of amides is 2. The first-order valence-corrected chi connectivity index (χ1v) is 10.2. The molecule has 0 aliphatic carbocycles. The van der Waals surface area contributed by atoms with E-state index in [2.05, 4.69) is 0 Å². The maximum Gasteiger partial charge on any atom is 0.283 e. The Morgan fingerprint density at radius 2 is 1.27 bits per heavy atom. The molecule has 0 N–H and O–H groups in total. The van der Waals surface area contributed by atoms with Crippen LogP contribution in [0.2, 0.25) is 5.02 Å². The molecule has 0 saturated heterocycles. The van der Waals surface area contributed by atoms with Gasteiger partial charge in [-0.05, 0) is 29.3 Å². The van der Waals surface area contributed by atoms with E-state index in [9.17, 15) is 9.59 Å². The number of carbonyl (C=O) groups excluding carboxylic acids is 2. The quantitative estimate of drug-likeness (QED) is 0.487. The number of anilines is 1. The SMILES string of the molecule is O=C1C(Cl)=C(N(Cc2ccccc2)Cc2ccccc2)C(=O)N1c1cccc(Cl)c1. The van der Waals surface area contributed by atoms with Crippen LogP contribution in [0, 0.1) is 0 Å². The molecule has 4 rings (SSSR count). The Balaban J connectivity index is 1.71. The van der Waals surface area contributed by atoms with E-state index < -0.39 is 11.8 Å². The van der Waals surface area contributed by atoms with Gasteiger partial charge in [-0.3, -0.25) is 9.59 Å². The molecule has 2 amide bonds. The number of hydrogen-bond acceptors (Lipinski definition) is 3. The van der Waals surface area contributed by atoms with Crippen LogP contribution in [0.3, 0.4) is 0 Å². The molecule has 6 heteroatoms. The zero-order valence-electron chi connectivity index (χ0n) is 16.0. The summed E-state index contributed by atoms with van der Waals surface area (Å²) >= 11 is 12.5. The third kappa shape index (κ3) is 4.11. The zero-order valence-corrected chi connectivity index (χ0v) is 17.5. The summed E-state index contributed by atoms with van der Waals surface area (Å²) in [6.07, 6.45) is 0. The third-order valence-corrected chi connectivity index (χ3v) is 5.40. The smallest absolute Gasteiger partial charge is 0.283 e. The van der Waals surface area contributed by atoms with Crippen molar-refractivity contribution in [3.8, 4) is 0 Å². The molecule has 4 nitrogen and oxygen atoms in total. The van der Waals surface area contributed by atoms with Gasteiger partial charge in [-0.15, -0.1) is 0 Å². The van der Waals surface area contributed by atoms with Gasteiger partial charge in [0.2, 0.25) is 0 Å². The fraction of sp³-hybridized carbons (Fsp3) is 0.0833. The van der Waals surface area contributed by atoms with E-state index in [1.54, 1.807) is 24.3 Å². The molecule has 1 aliphatic heterocycles. The molecule has 0 saturated carbocycles. The van der Waals surface area contributed by atoms with Crippen LogP contribution in [0.1, 0.15) is 11.1 Å². The van der Waals surface area contributed by atoms with Crippen molar-refractivity contribution >= 4 is 40.7 Å². The van der Waals surface area contributed by atoms with Gasteiger partial charge in [0.05, 0.1) is 5.69 Å². The summed E-state index contributed by atoms with van der Waals surface area (Å²) in [5.74, 6) is -1.01. The number of nitrogens with zero attached hydrogens (tertiary/aromatic N) is 2. The molecule has 3 aromatic rings. The molecular weight excluding hydrogens is 419 g/mol. The molecule has 0 radical (unpaired) electrons. The number of carbonyl (C=O) groups is 2. The summed E-state index contributed by atoms with van der Waals surface area (Å²) in [6.45, 7) is 0.868. The fourth-order valence-electron chi connectivity index (χ4n) is 3.44. The monoisotopic (exact) mass is 436 g/mol. The minimum Gasteiger partial charge on any atom is -0.357 e. The van der Waals surface area contributed by atoms with Gasteiger partial charge in [-0.25, -0.2) is 4.90 Å². The first-order valence-electron chi connectivity index (χ1n) is 9.41. The minimum absolute atomic E-state index is 0.0909. The highest BCUT2D eigenvalue weighted by atomic mass is 35.5. The fourth-order valence-corrected chi connectivity index (χ4v) is 3.91. The van der Waals surface area contributed by atoms with Crippen LogP contribution in [-0.4, -0.2) is 16.7 Å². The van der Waals surface area contributed by atoms with E-state index in [1.807, 2.05) is 65.6 Å². The topological polar surface area (TPSA) is 40.6 Å². The van der Waals surface area contributed by atoms with Crippen LogP contribution in [-0.2, 0) is 22.7 Å². The predicted molar refractivity (Wildman–Crippen MR) is 119 cm³/mol. The number of benzene rings is 3. The number of rotatable bonds is 6. The van der Waals surface area contributed by atoms with Crippen LogP contribution < -0.4 is 4.90 Å². The van der Waals surface area contributed by atoms with Gasteiger partial charge in [0.1, 0.15) is 10.7 Å². The van der Waals surface area contributed by atoms with Gasteiger partial charge in [-0.2, -0.15) is 0 Å². The van der Waals surface area contributed by atoms with Crippen molar-refractivity contribution in [1.82, 2.24) is 4.90 Å². The van der Waals surface area contributed by atoms with Crippen molar-refractivity contribution in [2.75, 3.05) is 4.90 Å². The zero-order chi connectivity index (χ0) is 21.1. The van der Waals surface area contributed by atoms with Gasteiger partial charge in [-0.1, -0.05) is 89.9 Å². The maximum atomic E-state index is 13.3. The molecule has 150 valence electrons. The average molecular weight is 437 g/mol. The molecule has 30 heavy (non-hydrogen) atoms. The van der Waals surface area contributed by atoms with E-state index in [1.165, 1.54) is 0 Å². The Labute approximate surface area is 184 Å². The lowest BCUT2D eigenvalue weighted by Crippen LogP contribution is -2.35. The van der Waals surface area contributed by atoms with Crippen molar-refractivity contribution in [1.29, 1.82) is 0 Å². The molecule has 0 spiro atoms. The summed E-state index contributed by atoms with van der Waals surface area (Å²) in [4.78, 5) is 29.2. The average Bonchev–Trinajstić information content (AvgIpc) is 2.97. The van der Waals surface area contributed by atoms with Crippen LogP contribution in [0.5, 0.6) is 0 Å². The normalized spacial score (nSPS) is 13.9. The molecule has 0 atom stereocenters. The van der Waals surface area contributed by atoms with Crippen molar-refractivity contribution in [3.05, 3.63) is 112 Å². The standard InChI is InChI=1S/C24H18Cl2N2O2/c25-19-12-7-13-20(14-19)28-23(29)21(26)22(24(28)30)27(15-17-8-3-1-4-9-17)16-18-10-5-2-6-11-18/h1-14H,15-16H2. The Morgan fingerprint density at radius 3 is 1.80 bits per heavy atom. The van der Waals surface area contributed by atoms with Gasteiger partial charge in [0.25, 0.3) is 11.8 Å². The van der Waals surface area contributed by atoms with E-state index in [0.29, 0.717) is 23.8 Å². The third-order valence-electron chi connectivity index (χ3n) is 4.82. The number of hydrogen-bond donors (Lipinski definition) is 0. The first-order chi connectivity index (χ1) is 14.5. The Hall–Kier alpha value is -3.08. The lowest BCUT2D eigenvalue weighted by Gasteiger charge is -2.26. The van der Waals surface area contributed by atoms with Crippen LogP contribution in [0.15, 0.2) is 95.7 Å². The highest BCUT2D eigenvalue weighted by Crippen LogP contribution is 2.33. The lowest BCUT2D eigenvalue weighted by molar-refractivity contribution is -0.121. The summed E-state index contributed by atoms with van der Waals surface area (Å²) in [7, 11) is 0. The van der Waals surface area contributed by atoms with E-state index in [-0.39, 0.29) is 10.7 Å². The molecule has 3 aromatic carbocycles. The molecule has 1 heterocycles. The van der Waals surface area contributed by atoms with Gasteiger partial charge in [0.15, 0.2) is 0 Å². The molecule has 0 fully saturated rings. The van der Waals surface area contributed by atoms with E-state index >= 15 is 0 Å². The second-order valence-corrected chi connectivity index (χ2v) is 7.73. The summed E-state index contributed by atoms with van der Waals surface area (Å²) in [5.41, 5.74) is 2.60. The molecular formula is C24H18Cl2N2O2. The second kappa shape index (κ2) is 8.74. The molecule has 0 aromatic heterocycles. The second-order valence-electron chi connectivity index (χ2n) is 6.92. The largest absolute Gasteiger partial charge is 0.357 e.